The topological polar surface area (TPSA) is 83.7 Å². The van der Waals surface area contributed by atoms with Gasteiger partial charge in [-0.3, -0.25) is 4.99 Å². The fourth-order valence-corrected chi connectivity index (χ4v) is 3.98. The van der Waals surface area contributed by atoms with Gasteiger partial charge in [0.05, 0.1) is 17.8 Å². The average Bonchev–Trinajstić information content (AvgIpc) is 3.08. The maximum atomic E-state index is 11.6. The molecule has 2 unspecified atom stereocenters. The number of sulfone groups is 1. The van der Waals surface area contributed by atoms with Gasteiger partial charge >= 0.3 is 0 Å². The van der Waals surface area contributed by atoms with Gasteiger partial charge < -0.3 is 15.1 Å². The first-order valence-corrected chi connectivity index (χ1v) is 9.61. The normalized spacial score (nSPS) is 21.5. The SMILES string of the molecule is CCC(C)NC(=NCCc1ccco1)NC1CCS(=O)(=O)C1.I. The monoisotopic (exact) mass is 455 g/mol. The number of halogens is 1. The second-order valence-electron chi connectivity index (χ2n) is 5.76. The zero-order chi connectivity index (χ0) is 16.0. The van der Waals surface area contributed by atoms with Crippen molar-refractivity contribution in [3.05, 3.63) is 24.2 Å². The molecular weight excluding hydrogens is 429 g/mol. The largest absolute Gasteiger partial charge is 0.469 e. The quantitative estimate of drug-likeness (QED) is 0.389. The Morgan fingerprint density at radius 1 is 1.52 bits per heavy atom. The van der Waals surface area contributed by atoms with Gasteiger partial charge in [-0.1, -0.05) is 6.92 Å². The molecule has 2 N–H and O–H groups in total. The molecule has 6 nitrogen and oxygen atoms in total. The number of guanidine groups is 1. The Hall–Kier alpha value is -0.770. The molecule has 1 aromatic rings. The van der Waals surface area contributed by atoms with Gasteiger partial charge in [0.1, 0.15) is 5.76 Å². The van der Waals surface area contributed by atoms with Crippen molar-refractivity contribution in [3.8, 4) is 0 Å². The summed E-state index contributed by atoms with van der Waals surface area (Å²) in [5.74, 6) is 2.03. The highest BCUT2D eigenvalue weighted by Gasteiger charge is 2.28. The fraction of sp³-hybridized carbons (Fsp3) is 0.667. The van der Waals surface area contributed by atoms with Crippen molar-refractivity contribution >= 4 is 39.8 Å². The number of nitrogens with zero attached hydrogens (tertiary/aromatic N) is 1. The first-order chi connectivity index (χ1) is 10.5. The first-order valence-electron chi connectivity index (χ1n) is 7.79. The van der Waals surface area contributed by atoms with E-state index in [0.717, 1.165) is 18.6 Å². The van der Waals surface area contributed by atoms with Crippen LogP contribution in [0.5, 0.6) is 0 Å². The van der Waals surface area contributed by atoms with E-state index in [0.29, 0.717) is 18.9 Å². The third-order valence-electron chi connectivity index (χ3n) is 3.78. The van der Waals surface area contributed by atoms with Gasteiger partial charge in [0, 0.05) is 25.0 Å². The van der Waals surface area contributed by atoms with Crippen molar-refractivity contribution in [1.82, 2.24) is 10.6 Å². The summed E-state index contributed by atoms with van der Waals surface area (Å²) in [6.45, 7) is 4.77. The van der Waals surface area contributed by atoms with Crippen LogP contribution < -0.4 is 10.6 Å². The molecule has 0 bridgehead atoms. The average molecular weight is 455 g/mol. The number of hydrogen-bond donors (Lipinski definition) is 2. The standard InChI is InChI=1S/C15H25N3O3S.HI/c1-3-12(2)17-15(16-8-6-14-5-4-9-21-14)18-13-7-10-22(19,20)11-13;/h4-5,9,12-13H,3,6-8,10-11H2,1-2H3,(H2,16,17,18);1H. The molecule has 2 rings (SSSR count). The van der Waals surface area contributed by atoms with E-state index in [9.17, 15) is 8.42 Å². The van der Waals surface area contributed by atoms with Crippen LogP contribution in [0, 0.1) is 0 Å². The van der Waals surface area contributed by atoms with Crippen LogP contribution in [0.2, 0.25) is 0 Å². The minimum absolute atomic E-state index is 0. The molecule has 0 amide bonds. The molecule has 0 radical (unpaired) electrons. The van der Waals surface area contributed by atoms with Crippen LogP contribution in [0.3, 0.4) is 0 Å². The molecule has 0 spiro atoms. The molecule has 0 saturated carbocycles. The Morgan fingerprint density at radius 3 is 2.87 bits per heavy atom. The van der Waals surface area contributed by atoms with Crippen molar-refractivity contribution in [2.24, 2.45) is 4.99 Å². The Kier molecular flexibility index (Phi) is 8.38. The lowest BCUT2D eigenvalue weighted by Crippen LogP contribution is -2.47. The summed E-state index contributed by atoms with van der Waals surface area (Å²) < 4.78 is 28.4. The summed E-state index contributed by atoms with van der Waals surface area (Å²) in [4.78, 5) is 4.54. The summed E-state index contributed by atoms with van der Waals surface area (Å²) in [5.41, 5.74) is 0. The Labute approximate surface area is 155 Å². The molecule has 2 heterocycles. The number of rotatable bonds is 6. The van der Waals surface area contributed by atoms with Crippen LogP contribution >= 0.6 is 24.0 Å². The first kappa shape index (κ1) is 20.3. The lowest BCUT2D eigenvalue weighted by Gasteiger charge is -2.20. The molecule has 0 aliphatic carbocycles. The van der Waals surface area contributed by atoms with Gasteiger partial charge in [-0.2, -0.15) is 0 Å². The summed E-state index contributed by atoms with van der Waals surface area (Å²) in [7, 11) is -2.89. The molecule has 1 aliphatic heterocycles. The van der Waals surface area contributed by atoms with Crippen molar-refractivity contribution in [2.75, 3.05) is 18.1 Å². The van der Waals surface area contributed by atoms with Crippen molar-refractivity contribution in [3.63, 3.8) is 0 Å². The molecule has 2 atom stereocenters. The molecule has 132 valence electrons. The van der Waals surface area contributed by atoms with E-state index in [2.05, 4.69) is 29.5 Å². The predicted molar refractivity (Wildman–Crippen MR) is 103 cm³/mol. The van der Waals surface area contributed by atoms with E-state index in [4.69, 9.17) is 4.42 Å². The molecular formula is C15H26IN3O3S. The van der Waals surface area contributed by atoms with Crippen molar-refractivity contribution in [2.45, 2.75) is 45.2 Å². The summed E-state index contributed by atoms with van der Waals surface area (Å²) >= 11 is 0. The van der Waals surface area contributed by atoms with Crippen LogP contribution in [-0.4, -0.2) is 44.5 Å². The van der Waals surface area contributed by atoms with Crippen LogP contribution in [0.4, 0.5) is 0 Å². The lowest BCUT2D eigenvalue weighted by molar-refractivity contribution is 0.510. The molecule has 0 aromatic carbocycles. The van der Waals surface area contributed by atoms with E-state index >= 15 is 0 Å². The zero-order valence-corrected chi connectivity index (χ0v) is 16.8. The number of furan rings is 1. The molecule has 1 saturated heterocycles. The van der Waals surface area contributed by atoms with E-state index in [1.165, 1.54) is 0 Å². The van der Waals surface area contributed by atoms with Crippen LogP contribution in [0.15, 0.2) is 27.8 Å². The molecule has 23 heavy (non-hydrogen) atoms. The Bertz CT molecular complexity index is 587. The highest BCUT2D eigenvalue weighted by atomic mass is 127. The van der Waals surface area contributed by atoms with Gasteiger partial charge in [0.2, 0.25) is 0 Å². The van der Waals surface area contributed by atoms with Gasteiger partial charge in [0.15, 0.2) is 15.8 Å². The van der Waals surface area contributed by atoms with E-state index in [-0.39, 0.29) is 47.6 Å². The maximum Gasteiger partial charge on any atom is 0.191 e. The van der Waals surface area contributed by atoms with E-state index in [1.54, 1.807) is 6.26 Å². The fourth-order valence-electron chi connectivity index (χ4n) is 2.30. The number of aliphatic imine (C=N–C) groups is 1. The third-order valence-corrected chi connectivity index (χ3v) is 5.54. The van der Waals surface area contributed by atoms with Crippen molar-refractivity contribution in [1.29, 1.82) is 0 Å². The second-order valence-corrected chi connectivity index (χ2v) is 7.99. The van der Waals surface area contributed by atoms with Gasteiger partial charge in [0.25, 0.3) is 0 Å². The van der Waals surface area contributed by atoms with Crippen LogP contribution in [-0.2, 0) is 16.3 Å². The molecule has 1 aliphatic rings. The van der Waals surface area contributed by atoms with Gasteiger partial charge in [-0.05, 0) is 31.9 Å². The molecule has 1 aromatic heterocycles. The number of nitrogens with one attached hydrogen (secondary N) is 2. The summed E-state index contributed by atoms with van der Waals surface area (Å²) in [6, 6.07) is 4.02. The third kappa shape index (κ3) is 7.11. The minimum Gasteiger partial charge on any atom is -0.469 e. The van der Waals surface area contributed by atoms with Crippen LogP contribution in [0.25, 0.3) is 0 Å². The Morgan fingerprint density at radius 2 is 2.30 bits per heavy atom. The van der Waals surface area contributed by atoms with Gasteiger partial charge in [-0.25, -0.2) is 8.42 Å². The van der Waals surface area contributed by atoms with Gasteiger partial charge in [-0.15, -0.1) is 24.0 Å². The highest BCUT2D eigenvalue weighted by molar-refractivity contribution is 14.0. The van der Waals surface area contributed by atoms with E-state index in [1.807, 2.05) is 12.1 Å². The summed E-state index contributed by atoms with van der Waals surface area (Å²) in [6.07, 6.45) is 3.99. The lowest BCUT2D eigenvalue weighted by atomic mass is 10.2. The predicted octanol–water partition coefficient (Wildman–Crippen LogP) is 1.96. The smallest absolute Gasteiger partial charge is 0.191 e. The van der Waals surface area contributed by atoms with Crippen LogP contribution in [0.1, 0.15) is 32.4 Å². The second kappa shape index (κ2) is 9.51. The highest BCUT2D eigenvalue weighted by Crippen LogP contribution is 2.11. The zero-order valence-electron chi connectivity index (χ0n) is 13.6. The molecule has 8 heteroatoms. The summed E-state index contributed by atoms with van der Waals surface area (Å²) in [5, 5.41) is 6.56. The molecule has 1 fully saturated rings. The number of hydrogen-bond acceptors (Lipinski definition) is 4. The minimum atomic E-state index is -2.89. The van der Waals surface area contributed by atoms with E-state index < -0.39 is 9.84 Å². The maximum absolute atomic E-state index is 11.6. The van der Waals surface area contributed by atoms with Crippen molar-refractivity contribution < 1.29 is 12.8 Å². The Balaban J connectivity index is 0.00000264.